The Balaban J connectivity index is 1.47. The number of carbonyl (C=O) groups is 1. The zero-order chi connectivity index (χ0) is 18.5. The number of ether oxygens (including phenoxy) is 3. The van der Waals surface area contributed by atoms with Crippen LogP contribution in [0.15, 0.2) is 40.9 Å². The van der Waals surface area contributed by atoms with Gasteiger partial charge in [-0.15, -0.1) is 0 Å². The molecule has 0 radical (unpaired) electrons. The second-order valence-electron chi connectivity index (χ2n) is 5.96. The van der Waals surface area contributed by atoms with Gasteiger partial charge < -0.3 is 24.8 Å². The molecule has 2 N–H and O–H groups in total. The summed E-state index contributed by atoms with van der Waals surface area (Å²) >= 11 is 3.48. The molecule has 26 heavy (non-hydrogen) atoms. The molecule has 0 spiro atoms. The Morgan fingerprint density at radius 2 is 2.04 bits per heavy atom. The lowest BCUT2D eigenvalue weighted by Gasteiger charge is -2.15. The van der Waals surface area contributed by atoms with E-state index in [0.717, 1.165) is 27.1 Å². The topological polar surface area (TPSA) is 68.8 Å². The van der Waals surface area contributed by atoms with Crippen molar-refractivity contribution in [3.63, 3.8) is 0 Å². The van der Waals surface area contributed by atoms with Crippen molar-refractivity contribution >= 4 is 21.8 Å². The van der Waals surface area contributed by atoms with Crippen molar-refractivity contribution in [3.8, 4) is 17.2 Å². The fourth-order valence-electron chi connectivity index (χ4n) is 2.63. The van der Waals surface area contributed by atoms with Gasteiger partial charge in [0, 0.05) is 12.6 Å². The summed E-state index contributed by atoms with van der Waals surface area (Å²) in [5, 5.41) is 6.12. The Hall–Kier alpha value is -2.25. The highest BCUT2D eigenvalue weighted by Gasteiger charge is 2.14. The summed E-state index contributed by atoms with van der Waals surface area (Å²) in [7, 11) is 1.63. The van der Waals surface area contributed by atoms with Gasteiger partial charge in [-0.05, 0) is 58.2 Å². The minimum absolute atomic E-state index is 0.0356. The summed E-state index contributed by atoms with van der Waals surface area (Å²) in [5.41, 5.74) is 2.04. The van der Waals surface area contributed by atoms with Crippen LogP contribution in [0.3, 0.4) is 0 Å². The van der Waals surface area contributed by atoms with E-state index in [1.54, 1.807) is 7.11 Å². The minimum atomic E-state index is -0.0675. The number of methoxy groups -OCH3 is 1. The zero-order valence-corrected chi connectivity index (χ0v) is 16.3. The normalized spacial score (nSPS) is 13.3. The van der Waals surface area contributed by atoms with E-state index < -0.39 is 0 Å². The molecule has 1 aliphatic rings. The first-order chi connectivity index (χ1) is 12.6. The van der Waals surface area contributed by atoms with Crippen LogP contribution in [-0.4, -0.2) is 26.4 Å². The average molecular weight is 421 g/mol. The number of carbonyl (C=O) groups excluding carboxylic acids is 1. The molecule has 1 aliphatic heterocycles. The predicted octanol–water partition coefficient (Wildman–Crippen LogP) is 3.15. The third kappa shape index (κ3) is 4.47. The van der Waals surface area contributed by atoms with Gasteiger partial charge in [0.05, 0.1) is 18.1 Å². The van der Waals surface area contributed by atoms with E-state index in [9.17, 15) is 4.79 Å². The maximum absolute atomic E-state index is 12.1. The van der Waals surface area contributed by atoms with E-state index in [2.05, 4.69) is 26.6 Å². The lowest BCUT2D eigenvalue weighted by molar-refractivity contribution is -0.120. The molecule has 0 saturated carbocycles. The van der Waals surface area contributed by atoms with Gasteiger partial charge in [0.1, 0.15) is 5.75 Å². The molecule has 2 aromatic rings. The van der Waals surface area contributed by atoms with Crippen LogP contribution in [0.5, 0.6) is 17.2 Å². The van der Waals surface area contributed by atoms with Gasteiger partial charge in [-0.25, -0.2) is 0 Å². The van der Waals surface area contributed by atoms with Gasteiger partial charge in [-0.2, -0.15) is 0 Å². The maximum atomic E-state index is 12.1. The van der Waals surface area contributed by atoms with Crippen molar-refractivity contribution in [1.82, 2.24) is 10.6 Å². The molecule has 2 aromatic carbocycles. The first kappa shape index (κ1) is 18.5. The van der Waals surface area contributed by atoms with Crippen molar-refractivity contribution in [3.05, 3.63) is 52.0 Å². The zero-order valence-electron chi connectivity index (χ0n) is 14.7. The predicted molar refractivity (Wildman–Crippen MR) is 102 cm³/mol. The molecule has 1 heterocycles. The molecule has 0 aliphatic carbocycles. The molecular formula is C19H21BrN2O4. The van der Waals surface area contributed by atoms with Crippen molar-refractivity contribution in [2.45, 2.75) is 19.5 Å². The summed E-state index contributed by atoms with van der Waals surface area (Å²) in [5.74, 6) is 2.17. The third-order valence-electron chi connectivity index (χ3n) is 4.17. The number of nitrogens with one attached hydrogen (secondary N) is 2. The molecule has 138 valence electrons. The van der Waals surface area contributed by atoms with Gasteiger partial charge in [0.25, 0.3) is 0 Å². The number of hydrogen-bond acceptors (Lipinski definition) is 5. The van der Waals surface area contributed by atoms with Crippen LogP contribution in [-0.2, 0) is 11.3 Å². The van der Waals surface area contributed by atoms with Crippen molar-refractivity contribution in [2.75, 3.05) is 20.4 Å². The quantitative estimate of drug-likeness (QED) is 0.719. The number of hydrogen-bond donors (Lipinski definition) is 2. The summed E-state index contributed by atoms with van der Waals surface area (Å²) < 4.78 is 16.7. The highest BCUT2D eigenvalue weighted by molar-refractivity contribution is 9.10. The van der Waals surface area contributed by atoms with Crippen molar-refractivity contribution in [2.24, 2.45) is 0 Å². The first-order valence-corrected chi connectivity index (χ1v) is 9.08. The molecule has 0 saturated heterocycles. The van der Waals surface area contributed by atoms with E-state index >= 15 is 0 Å². The Morgan fingerprint density at radius 3 is 2.81 bits per heavy atom. The van der Waals surface area contributed by atoms with Crippen LogP contribution in [0, 0.1) is 0 Å². The second-order valence-corrected chi connectivity index (χ2v) is 6.82. The maximum Gasteiger partial charge on any atom is 0.234 e. The van der Waals surface area contributed by atoms with Crippen molar-refractivity contribution < 1.29 is 19.0 Å². The van der Waals surface area contributed by atoms with E-state index in [4.69, 9.17) is 14.2 Å². The molecule has 3 rings (SSSR count). The molecule has 0 bridgehead atoms. The van der Waals surface area contributed by atoms with Crippen LogP contribution >= 0.6 is 15.9 Å². The van der Waals surface area contributed by atoms with Crippen LogP contribution in [0.2, 0.25) is 0 Å². The summed E-state index contributed by atoms with van der Waals surface area (Å²) in [6, 6.07) is 11.6. The first-order valence-electron chi connectivity index (χ1n) is 8.29. The van der Waals surface area contributed by atoms with E-state index in [0.29, 0.717) is 12.3 Å². The standard InChI is InChI=1S/C19H21BrN2O4/c1-12(14-4-6-16(24-2)15(20)8-14)21-10-19(23)22-9-13-3-5-17-18(7-13)26-11-25-17/h3-8,12,21H,9-11H2,1-2H3,(H,22,23). The monoisotopic (exact) mass is 420 g/mol. The highest BCUT2D eigenvalue weighted by Crippen LogP contribution is 2.32. The van der Waals surface area contributed by atoms with Gasteiger partial charge in [0.2, 0.25) is 12.7 Å². The molecule has 1 unspecified atom stereocenters. The Bertz CT molecular complexity index is 797. The fraction of sp³-hybridized carbons (Fsp3) is 0.316. The fourth-order valence-corrected chi connectivity index (χ4v) is 3.19. The van der Waals surface area contributed by atoms with Gasteiger partial charge in [-0.1, -0.05) is 12.1 Å². The number of fused-ring (bicyclic) bond motifs is 1. The molecule has 1 atom stereocenters. The smallest absolute Gasteiger partial charge is 0.234 e. The van der Waals surface area contributed by atoms with Crippen LogP contribution in [0.1, 0.15) is 24.1 Å². The molecular weight excluding hydrogens is 400 g/mol. The molecule has 6 nitrogen and oxygen atoms in total. The largest absolute Gasteiger partial charge is 0.496 e. The Labute approximate surface area is 161 Å². The van der Waals surface area contributed by atoms with E-state index in [1.165, 1.54) is 0 Å². The van der Waals surface area contributed by atoms with Crippen LogP contribution in [0.25, 0.3) is 0 Å². The number of rotatable bonds is 7. The average Bonchev–Trinajstić information content (AvgIpc) is 3.12. The second kappa shape index (κ2) is 8.42. The number of halogens is 1. The molecule has 0 fully saturated rings. The van der Waals surface area contributed by atoms with Gasteiger partial charge in [-0.3, -0.25) is 4.79 Å². The summed E-state index contributed by atoms with van der Waals surface area (Å²) in [4.78, 5) is 12.1. The van der Waals surface area contributed by atoms with Gasteiger partial charge >= 0.3 is 0 Å². The number of benzene rings is 2. The lowest BCUT2D eigenvalue weighted by Crippen LogP contribution is -2.34. The third-order valence-corrected chi connectivity index (χ3v) is 4.79. The summed E-state index contributed by atoms with van der Waals surface area (Å²) in [6.45, 7) is 2.93. The van der Waals surface area contributed by atoms with E-state index in [-0.39, 0.29) is 25.3 Å². The Kier molecular flexibility index (Phi) is 6.00. The summed E-state index contributed by atoms with van der Waals surface area (Å²) in [6.07, 6.45) is 0. The lowest BCUT2D eigenvalue weighted by atomic mass is 10.1. The molecule has 1 amide bonds. The van der Waals surface area contributed by atoms with Crippen LogP contribution < -0.4 is 24.8 Å². The SMILES string of the molecule is COc1ccc(C(C)NCC(=O)NCc2ccc3c(c2)OCO3)cc1Br. The minimum Gasteiger partial charge on any atom is -0.496 e. The van der Waals surface area contributed by atoms with Gasteiger partial charge in [0.15, 0.2) is 11.5 Å². The Morgan fingerprint density at radius 1 is 1.23 bits per heavy atom. The molecule has 7 heteroatoms. The van der Waals surface area contributed by atoms with E-state index in [1.807, 2.05) is 43.3 Å². The number of amides is 1. The van der Waals surface area contributed by atoms with Crippen molar-refractivity contribution in [1.29, 1.82) is 0 Å². The molecule has 0 aromatic heterocycles. The highest BCUT2D eigenvalue weighted by atomic mass is 79.9. The van der Waals surface area contributed by atoms with Crippen LogP contribution in [0.4, 0.5) is 0 Å².